The van der Waals surface area contributed by atoms with Crippen LogP contribution in [0.15, 0.2) is 214 Å². The zero-order valence-corrected chi connectivity index (χ0v) is 31.1. The molecule has 1 aliphatic carbocycles. The second-order valence-electron chi connectivity index (χ2n) is 14.8. The van der Waals surface area contributed by atoms with Crippen molar-refractivity contribution < 1.29 is 4.42 Å². The molecule has 10 aromatic rings. The number of nitrogens with zero attached hydrogens (tertiary/aromatic N) is 1. The molecule has 0 fully saturated rings. The molecule has 0 radical (unpaired) electrons. The minimum atomic E-state index is -0.442. The summed E-state index contributed by atoms with van der Waals surface area (Å²) in [5.41, 5.74) is 14.9. The summed E-state index contributed by atoms with van der Waals surface area (Å²) in [4.78, 5) is 4.95. The van der Waals surface area contributed by atoms with Gasteiger partial charge in [-0.3, -0.25) is 0 Å². The van der Waals surface area contributed by atoms with E-state index in [1.807, 2.05) is 23.9 Å². The van der Waals surface area contributed by atoms with E-state index in [1.54, 1.807) is 0 Å². The highest BCUT2D eigenvalue weighted by molar-refractivity contribution is 7.99. The molecule has 0 bridgehead atoms. The van der Waals surface area contributed by atoms with Gasteiger partial charge in [0.15, 0.2) is 0 Å². The number of furan rings is 1. The quantitative estimate of drug-likeness (QED) is 0.179. The summed E-state index contributed by atoms with van der Waals surface area (Å²) in [6, 6.07) is 73.2. The largest absolute Gasteiger partial charge is 0.455 e. The van der Waals surface area contributed by atoms with Gasteiger partial charge in [0.05, 0.1) is 5.41 Å². The smallest absolute Gasteiger partial charge is 0.143 e. The number of rotatable bonds is 4. The summed E-state index contributed by atoms with van der Waals surface area (Å²) >= 11 is 1.89. The topological polar surface area (TPSA) is 16.4 Å². The number of hydrogen-bond donors (Lipinski definition) is 0. The minimum absolute atomic E-state index is 0.442. The first-order valence-electron chi connectivity index (χ1n) is 19.2. The van der Waals surface area contributed by atoms with Crippen LogP contribution in [0, 0.1) is 0 Å². The van der Waals surface area contributed by atoms with Gasteiger partial charge in [-0.1, -0.05) is 157 Å². The van der Waals surface area contributed by atoms with Crippen LogP contribution in [-0.2, 0) is 5.41 Å². The van der Waals surface area contributed by atoms with E-state index >= 15 is 0 Å². The van der Waals surface area contributed by atoms with Gasteiger partial charge in [0.1, 0.15) is 11.2 Å². The fraction of sp³-hybridized carbons (Fsp3) is 0.0189. The summed E-state index contributed by atoms with van der Waals surface area (Å²) in [7, 11) is 0. The highest BCUT2D eigenvalue weighted by atomic mass is 32.2. The highest BCUT2D eigenvalue weighted by Crippen LogP contribution is 2.63. The molecule has 56 heavy (non-hydrogen) atoms. The van der Waals surface area contributed by atoms with Gasteiger partial charge in [-0.05, 0) is 104 Å². The maximum atomic E-state index is 6.43. The average molecular weight is 732 g/mol. The molecule has 1 aromatic heterocycles. The van der Waals surface area contributed by atoms with Gasteiger partial charge in [-0.2, -0.15) is 0 Å². The van der Waals surface area contributed by atoms with Crippen LogP contribution >= 0.6 is 11.8 Å². The van der Waals surface area contributed by atoms with E-state index in [1.165, 1.54) is 53.9 Å². The van der Waals surface area contributed by atoms with Gasteiger partial charge < -0.3 is 9.32 Å². The molecule has 2 aliphatic rings. The molecular weight excluding hydrogens is 699 g/mol. The molecule has 1 spiro atoms. The molecule has 12 rings (SSSR count). The number of benzene rings is 9. The normalized spacial score (nSPS) is 13.4. The van der Waals surface area contributed by atoms with Crippen molar-refractivity contribution in [1.82, 2.24) is 0 Å². The molecule has 0 unspecified atom stereocenters. The lowest BCUT2D eigenvalue weighted by Gasteiger charge is -2.40. The number of hydrogen-bond acceptors (Lipinski definition) is 3. The van der Waals surface area contributed by atoms with E-state index in [0.29, 0.717) is 0 Å². The van der Waals surface area contributed by atoms with Crippen molar-refractivity contribution in [3.63, 3.8) is 0 Å². The van der Waals surface area contributed by atoms with Crippen molar-refractivity contribution in [3.05, 3.63) is 222 Å². The van der Waals surface area contributed by atoms with Crippen LogP contribution in [0.25, 0.3) is 55.0 Å². The first-order chi connectivity index (χ1) is 27.8. The van der Waals surface area contributed by atoms with Gasteiger partial charge in [0.25, 0.3) is 0 Å². The molecule has 0 amide bonds. The predicted octanol–water partition coefficient (Wildman–Crippen LogP) is 14.7. The third kappa shape index (κ3) is 4.46. The maximum Gasteiger partial charge on any atom is 0.143 e. The number of anilines is 3. The monoisotopic (exact) mass is 731 g/mol. The second-order valence-corrected chi connectivity index (χ2v) is 15.9. The molecule has 0 N–H and O–H groups in total. The molecule has 3 heteroatoms. The van der Waals surface area contributed by atoms with Crippen molar-refractivity contribution in [3.8, 4) is 22.3 Å². The van der Waals surface area contributed by atoms with E-state index in [0.717, 1.165) is 50.1 Å². The van der Waals surface area contributed by atoms with Crippen LogP contribution in [0.3, 0.4) is 0 Å². The van der Waals surface area contributed by atoms with Crippen molar-refractivity contribution in [2.24, 2.45) is 0 Å². The van der Waals surface area contributed by atoms with E-state index in [-0.39, 0.29) is 0 Å². The lowest BCUT2D eigenvalue weighted by Crippen LogP contribution is -2.32. The molecule has 2 nitrogen and oxygen atoms in total. The molecule has 1 aliphatic heterocycles. The van der Waals surface area contributed by atoms with Crippen LogP contribution in [0.5, 0.6) is 0 Å². The Labute approximate surface area is 329 Å². The zero-order chi connectivity index (χ0) is 36.8. The third-order valence-electron chi connectivity index (χ3n) is 11.9. The minimum Gasteiger partial charge on any atom is -0.455 e. The highest BCUT2D eigenvalue weighted by Gasteiger charge is 2.50. The van der Waals surface area contributed by atoms with Crippen LogP contribution in [0.4, 0.5) is 17.1 Å². The van der Waals surface area contributed by atoms with Gasteiger partial charge in [-0.15, -0.1) is 0 Å². The molecule has 262 valence electrons. The van der Waals surface area contributed by atoms with Crippen LogP contribution in [-0.4, -0.2) is 0 Å². The Bertz CT molecular complexity index is 3130. The Hall–Kier alpha value is -6.81. The third-order valence-corrected chi connectivity index (χ3v) is 13.0. The Morgan fingerprint density at radius 1 is 0.393 bits per heavy atom. The van der Waals surface area contributed by atoms with Crippen molar-refractivity contribution >= 4 is 61.5 Å². The SMILES string of the molecule is c1ccc(N(c2ccc(-c3cccc4c3oc3ccccc34)cc2)c2ccc3c(c2)Sc2cc4ccccc4cc2C32c3ccccc3-c3ccccc32)cc1. The summed E-state index contributed by atoms with van der Waals surface area (Å²) in [5, 5.41) is 4.81. The lowest BCUT2D eigenvalue weighted by molar-refractivity contribution is 0.670. The molecule has 9 aromatic carbocycles. The molecule has 0 saturated carbocycles. The predicted molar refractivity (Wildman–Crippen MR) is 233 cm³/mol. The molecule has 2 heterocycles. The summed E-state index contributed by atoms with van der Waals surface area (Å²) in [6.07, 6.45) is 0. The fourth-order valence-corrected chi connectivity index (χ4v) is 10.8. The summed E-state index contributed by atoms with van der Waals surface area (Å²) in [5.74, 6) is 0. The Morgan fingerprint density at radius 2 is 0.982 bits per heavy atom. The van der Waals surface area contributed by atoms with Crippen LogP contribution < -0.4 is 4.90 Å². The van der Waals surface area contributed by atoms with E-state index in [2.05, 4.69) is 193 Å². The van der Waals surface area contributed by atoms with Gasteiger partial charge in [0.2, 0.25) is 0 Å². The van der Waals surface area contributed by atoms with Gasteiger partial charge in [0, 0.05) is 43.2 Å². The average Bonchev–Trinajstić information content (AvgIpc) is 3.78. The van der Waals surface area contributed by atoms with E-state index in [9.17, 15) is 0 Å². The Balaban J connectivity index is 1.04. The van der Waals surface area contributed by atoms with Crippen molar-refractivity contribution in [2.45, 2.75) is 15.2 Å². The van der Waals surface area contributed by atoms with Crippen LogP contribution in [0.2, 0.25) is 0 Å². The Kier molecular flexibility index (Phi) is 6.81. The standard InChI is InChI=1S/C53H33NOS/c1-2-15-37(16-3-1)54(38-27-25-34(26-28-38)40-20-12-21-44-43-19-8-11-24-49(43)55-52(40)44)39-29-30-47-51(33-39)56-50-32-36-14-5-4-13-35(36)31-48(50)53(47)45-22-9-6-17-41(45)42-18-7-10-23-46(42)53/h1-33H. The first kappa shape index (κ1) is 31.5. The second kappa shape index (κ2) is 12.1. The maximum absolute atomic E-state index is 6.43. The number of fused-ring (bicyclic) bond motifs is 13. The van der Waals surface area contributed by atoms with E-state index in [4.69, 9.17) is 4.42 Å². The summed E-state index contributed by atoms with van der Waals surface area (Å²) < 4.78 is 6.43. The van der Waals surface area contributed by atoms with Gasteiger partial charge >= 0.3 is 0 Å². The molecule has 0 saturated heterocycles. The fourth-order valence-electron chi connectivity index (χ4n) is 9.51. The van der Waals surface area contributed by atoms with Crippen molar-refractivity contribution in [1.29, 1.82) is 0 Å². The van der Waals surface area contributed by atoms with Crippen LogP contribution in [0.1, 0.15) is 22.3 Å². The number of para-hydroxylation sites is 3. The van der Waals surface area contributed by atoms with Gasteiger partial charge in [-0.25, -0.2) is 0 Å². The molecular formula is C53H33NOS. The Morgan fingerprint density at radius 3 is 1.77 bits per heavy atom. The van der Waals surface area contributed by atoms with Crippen molar-refractivity contribution in [2.75, 3.05) is 4.90 Å². The lowest BCUT2D eigenvalue weighted by atomic mass is 9.67. The summed E-state index contributed by atoms with van der Waals surface area (Å²) in [6.45, 7) is 0. The first-order valence-corrected chi connectivity index (χ1v) is 20.0. The zero-order valence-electron chi connectivity index (χ0n) is 30.3. The molecule has 0 atom stereocenters. The van der Waals surface area contributed by atoms with E-state index < -0.39 is 5.41 Å².